The van der Waals surface area contributed by atoms with Crippen LogP contribution in [0.3, 0.4) is 0 Å². The molecule has 1 aromatic heterocycles. The number of carboxylic acids is 1. The summed E-state index contributed by atoms with van der Waals surface area (Å²) in [5, 5.41) is 8.82. The standard InChI is InChI=1S/C13H18N2O3/c16-13(17)11-3-4-12(18-11)15-7-5-14(6-8-15)9-10-1-2-10/h3-4,10H,1-2,5-9H2,(H,16,17). The van der Waals surface area contributed by atoms with E-state index in [-0.39, 0.29) is 5.76 Å². The van der Waals surface area contributed by atoms with Gasteiger partial charge in [-0.15, -0.1) is 0 Å². The summed E-state index contributed by atoms with van der Waals surface area (Å²) in [6.07, 6.45) is 2.78. The number of carboxylic acid groups (broad SMARTS) is 1. The van der Waals surface area contributed by atoms with Crippen molar-refractivity contribution in [1.82, 2.24) is 4.90 Å². The normalized spacial score (nSPS) is 21.2. The minimum atomic E-state index is -1.01. The van der Waals surface area contributed by atoms with Gasteiger partial charge in [0.1, 0.15) is 0 Å². The molecular weight excluding hydrogens is 232 g/mol. The van der Waals surface area contributed by atoms with Gasteiger partial charge in [-0.05, 0) is 24.8 Å². The van der Waals surface area contributed by atoms with E-state index in [9.17, 15) is 4.79 Å². The maximum absolute atomic E-state index is 10.8. The highest BCUT2D eigenvalue weighted by atomic mass is 16.4. The zero-order valence-corrected chi connectivity index (χ0v) is 10.3. The molecule has 1 aliphatic carbocycles. The van der Waals surface area contributed by atoms with Crippen LogP contribution in [-0.4, -0.2) is 48.7 Å². The number of nitrogens with zero attached hydrogens (tertiary/aromatic N) is 2. The van der Waals surface area contributed by atoms with Crippen LogP contribution in [0.2, 0.25) is 0 Å². The lowest BCUT2D eigenvalue weighted by atomic mass is 10.3. The van der Waals surface area contributed by atoms with Crippen molar-refractivity contribution < 1.29 is 14.3 Å². The Kier molecular flexibility index (Phi) is 2.99. The van der Waals surface area contributed by atoms with E-state index in [0.717, 1.165) is 32.1 Å². The second kappa shape index (κ2) is 4.65. The highest BCUT2D eigenvalue weighted by Gasteiger charge is 2.27. The first-order valence-electron chi connectivity index (χ1n) is 6.53. The van der Waals surface area contributed by atoms with E-state index >= 15 is 0 Å². The molecule has 18 heavy (non-hydrogen) atoms. The predicted octanol–water partition coefficient (Wildman–Crippen LogP) is 1.51. The summed E-state index contributed by atoms with van der Waals surface area (Å²) < 4.78 is 5.32. The molecule has 2 heterocycles. The van der Waals surface area contributed by atoms with Gasteiger partial charge in [0.05, 0.1) is 0 Å². The van der Waals surface area contributed by atoms with Gasteiger partial charge in [-0.2, -0.15) is 0 Å². The van der Waals surface area contributed by atoms with E-state index in [4.69, 9.17) is 9.52 Å². The van der Waals surface area contributed by atoms with Crippen molar-refractivity contribution in [3.05, 3.63) is 17.9 Å². The first kappa shape index (κ1) is 11.6. The van der Waals surface area contributed by atoms with Gasteiger partial charge < -0.3 is 14.4 Å². The van der Waals surface area contributed by atoms with Gasteiger partial charge in [-0.1, -0.05) is 0 Å². The number of rotatable bonds is 4. The molecule has 1 saturated heterocycles. The van der Waals surface area contributed by atoms with Crippen LogP contribution in [-0.2, 0) is 0 Å². The van der Waals surface area contributed by atoms with E-state index in [2.05, 4.69) is 9.80 Å². The first-order chi connectivity index (χ1) is 8.72. The van der Waals surface area contributed by atoms with Crippen molar-refractivity contribution in [1.29, 1.82) is 0 Å². The molecule has 0 aromatic carbocycles. The van der Waals surface area contributed by atoms with Crippen LogP contribution in [0, 0.1) is 5.92 Å². The van der Waals surface area contributed by atoms with Crippen LogP contribution in [0.1, 0.15) is 23.4 Å². The Morgan fingerprint density at radius 3 is 2.56 bits per heavy atom. The van der Waals surface area contributed by atoms with Gasteiger partial charge in [0, 0.05) is 38.8 Å². The van der Waals surface area contributed by atoms with E-state index in [0.29, 0.717) is 5.88 Å². The molecule has 0 amide bonds. The molecule has 0 bridgehead atoms. The fourth-order valence-corrected chi connectivity index (χ4v) is 2.43. The van der Waals surface area contributed by atoms with Gasteiger partial charge >= 0.3 is 5.97 Å². The maximum atomic E-state index is 10.8. The largest absolute Gasteiger partial charge is 0.475 e. The average molecular weight is 250 g/mol. The fraction of sp³-hybridized carbons (Fsp3) is 0.615. The quantitative estimate of drug-likeness (QED) is 0.877. The van der Waals surface area contributed by atoms with Crippen molar-refractivity contribution in [3.63, 3.8) is 0 Å². The summed E-state index contributed by atoms with van der Waals surface area (Å²) in [6, 6.07) is 3.27. The van der Waals surface area contributed by atoms with Gasteiger partial charge in [0.15, 0.2) is 5.88 Å². The third-order valence-electron chi connectivity index (χ3n) is 3.70. The summed E-state index contributed by atoms with van der Waals surface area (Å²) in [7, 11) is 0. The third-order valence-corrected chi connectivity index (χ3v) is 3.70. The molecule has 1 aromatic rings. The lowest BCUT2D eigenvalue weighted by Gasteiger charge is -2.34. The van der Waals surface area contributed by atoms with Crippen LogP contribution in [0.4, 0.5) is 5.88 Å². The second-order valence-corrected chi connectivity index (χ2v) is 5.17. The average Bonchev–Trinajstić information content (AvgIpc) is 3.04. The Balaban J connectivity index is 1.55. The molecule has 2 aliphatic rings. The number of piperazine rings is 1. The van der Waals surface area contributed by atoms with Crippen LogP contribution in [0.5, 0.6) is 0 Å². The van der Waals surface area contributed by atoms with Gasteiger partial charge in [0.2, 0.25) is 5.76 Å². The van der Waals surface area contributed by atoms with Gasteiger partial charge in [-0.25, -0.2) is 4.79 Å². The Bertz CT molecular complexity index is 431. The fourth-order valence-electron chi connectivity index (χ4n) is 2.43. The summed E-state index contributed by atoms with van der Waals surface area (Å²) >= 11 is 0. The summed E-state index contributed by atoms with van der Waals surface area (Å²) in [5.74, 6) is 0.622. The molecule has 5 nitrogen and oxygen atoms in total. The van der Waals surface area contributed by atoms with Gasteiger partial charge in [0.25, 0.3) is 0 Å². The molecule has 98 valence electrons. The molecule has 1 N–H and O–H groups in total. The zero-order chi connectivity index (χ0) is 12.5. The minimum absolute atomic E-state index is 0.0189. The van der Waals surface area contributed by atoms with Gasteiger partial charge in [-0.3, -0.25) is 4.90 Å². The second-order valence-electron chi connectivity index (χ2n) is 5.17. The lowest BCUT2D eigenvalue weighted by Crippen LogP contribution is -2.46. The molecular formula is C13H18N2O3. The van der Waals surface area contributed by atoms with E-state index in [1.54, 1.807) is 6.07 Å². The van der Waals surface area contributed by atoms with Crippen LogP contribution < -0.4 is 4.90 Å². The van der Waals surface area contributed by atoms with Crippen LogP contribution in [0.15, 0.2) is 16.5 Å². The molecule has 1 aliphatic heterocycles. The molecule has 0 unspecified atom stereocenters. The molecule has 0 spiro atoms. The number of aromatic carboxylic acids is 1. The molecule has 5 heteroatoms. The van der Waals surface area contributed by atoms with Crippen molar-refractivity contribution in [3.8, 4) is 0 Å². The first-order valence-corrected chi connectivity index (χ1v) is 6.53. The number of hydrogen-bond acceptors (Lipinski definition) is 4. The van der Waals surface area contributed by atoms with E-state index < -0.39 is 5.97 Å². The molecule has 1 saturated carbocycles. The Hall–Kier alpha value is -1.49. The SMILES string of the molecule is O=C(O)c1ccc(N2CCN(CC3CC3)CC2)o1. The molecule has 2 fully saturated rings. The Labute approximate surface area is 106 Å². The Morgan fingerprint density at radius 1 is 1.28 bits per heavy atom. The topological polar surface area (TPSA) is 56.9 Å². The van der Waals surface area contributed by atoms with Crippen LogP contribution in [0.25, 0.3) is 0 Å². The predicted molar refractivity (Wildman–Crippen MR) is 67.0 cm³/mol. The minimum Gasteiger partial charge on any atom is -0.475 e. The monoisotopic (exact) mass is 250 g/mol. The van der Waals surface area contributed by atoms with Crippen molar-refractivity contribution >= 4 is 11.9 Å². The highest BCUT2D eigenvalue weighted by molar-refractivity contribution is 5.84. The highest BCUT2D eigenvalue weighted by Crippen LogP contribution is 2.30. The number of anilines is 1. The Morgan fingerprint density at radius 2 is 2.00 bits per heavy atom. The summed E-state index contributed by atoms with van der Waals surface area (Å²) in [6.45, 7) is 5.14. The third kappa shape index (κ3) is 2.51. The number of furan rings is 1. The summed E-state index contributed by atoms with van der Waals surface area (Å²) in [4.78, 5) is 15.4. The molecule has 0 radical (unpaired) electrons. The molecule has 0 atom stereocenters. The number of carbonyl (C=O) groups is 1. The number of hydrogen-bond donors (Lipinski definition) is 1. The van der Waals surface area contributed by atoms with Crippen LogP contribution >= 0.6 is 0 Å². The zero-order valence-electron chi connectivity index (χ0n) is 10.3. The van der Waals surface area contributed by atoms with Crippen molar-refractivity contribution in [2.75, 3.05) is 37.6 Å². The van der Waals surface area contributed by atoms with Crippen molar-refractivity contribution in [2.45, 2.75) is 12.8 Å². The molecule has 3 rings (SSSR count). The smallest absolute Gasteiger partial charge is 0.371 e. The van der Waals surface area contributed by atoms with E-state index in [1.807, 2.05) is 0 Å². The summed E-state index contributed by atoms with van der Waals surface area (Å²) in [5.41, 5.74) is 0. The van der Waals surface area contributed by atoms with Crippen molar-refractivity contribution in [2.24, 2.45) is 5.92 Å². The lowest BCUT2D eigenvalue weighted by molar-refractivity contribution is 0.0663. The maximum Gasteiger partial charge on any atom is 0.371 e. The van der Waals surface area contributed by atoms with E-state index in [1.165, 1.54) is 25.5 Å².